The number of fused-ring (bicyclic) bond motifs is 1. The Morgan fingerprint density at radius 2 is 1.69 bits per heavy atom. The number of nitrogens with zero attached hydrogens (tertiary/aromatic N) is 2. The molecule has 7 nitrogen and oxygen atoms in total. The number of hydrogen-bond acceptors (Lipinski definition) is 5. The Morgan fingerprint density at radius 1 is 0.914 bits per heavy atom. The van der Waals surface area contributed by atoms with E-state index < -0.39 is 10.0 Å². The maximum Gasteiger partial charge on any atom is 0.272 e. The number of aromatic nitrogens is 1. The Labute approximate surface area is 205 Å². The first-order valence-corrected chi connectivity index (χ1v) is 12.9. The summed E-state index contributed by atoms with van der Waals surface area (Å²) in [4.78, 5) is 18.0. The molecule has 0 saturated heterocycles. The van der Waals surface area contributed by atoms with Gasteiger partial charge in [-0.3, -0.25) is 9.52 Å². The van der Waals surface area contributed by atoms with Gasteiger partial charge in [-0.15, -0.1) is 0 Å². The summed E-state index contributed by atoms with van der Waals surface area (Å²) in [7, 11) is -3.40. The Bertz CT molecular complexity index is 1580. The van der Waals surface area contributed by atoms with E-state index in [0.717, 1.165) is 22.8 Å². The van der Waals surface area contributed by atoms with Crippen LogP contribution in [0.15, 0.2) is 77.9 Å². The third-order valence-electron chi connectivity index (χ3n) is 5.67. The van der Waals surface area contributed by atoms with Crippen molar-refractivity contribution in [3.05, 3.63) is 95.1 Å². The second kappa shape index (κ2) is 9.68. The number of para-hydroxylation sites is 1. The first kappa shape index (κ1) is 24.1. The lowest BCUT2D eigenvalue weighted by molar-refractivity contribution is 0.0956. The van der Waals surface area contributed by atoms with E-state index in [1.807, 2.05) is 43.3 Å². The third kappa shape index (κ3) is 5.73. The smallest absolute Gasteiger partial charge is 0.272 e. The van der Waals surface area contributed by atoms with Gasteiger partial charge in [0.2, 0.25) is 10.0 Å². The summed E-state index contributed by atoms with van der Waals surface area (Å²) >= 11 is 0. The number of pyridine rings is 1. The molecule has 35 heavy (non-hydrogen) atoms. The van der Waals surface area contributed by atoms with Gasteiger partial charge in [0, 0.05) is 16.6 Å². The van der Waals surface area contributed by atoms with Crippen LogP contribution >= 0.6 is 0 Å². The van der Waals surface area contributed by atoms with Crippen molar-refractivity contribution >= 4 is 38.2 Å². The quantitative estimate of drug-likeness (QED) is 0.294. The first-order chi connectivity index (χ1) is 16.6. The standard InChI is InChI=1S/C27H26N4O3S/c1-17-12-13-21(14-18(17)2)26-16-24(23-10-5-6-11-25(23)28-26)27(32)30-29-19(3)20-8-7-9-22(15-20)31-35(4,33)34/h5-16,31H,1-4H3,(H,30,32)/b29-19+. The van der Waals surface area contributed by atoms with Crippen molar-refractivity contribution < 1.29 is 13.2 Å². The molecule has 178 valence electrons. The van der Waals surface area contributed by atoms with Gasteiger partial charge in [-0.05, 0) is 67.8 Å². The van der Waals surface area contributed by atoms with Gasteiger partial charge in [-0.1, -0.05) is 42.5 Å². The first-order valence-electron chi connectivity index (χ1n) is 11.0. The van der Waals surface area contributed by atoms with Gasteiger partial charge in [0.1, 0.15) is 0 Å². The molecule has 1 heterocycles. The summed E-state index contributed by atoms with van der Waals surface area (Å²) < 4.78 is 25.5. The fraction of sp³-hybridized carbons (Fsp3) is 0.148. The lowest BCUT2D eigenvalue weighted by Gasteiger charge is -2.11. The molecule has 8 heteroatoms. The molecule has 4 aromatic rings. The number of carbonyl (C=O) groups is 1. The zero-order valence-corrected chi connectivity index (χ0v) is 20.8. The number of rotatable bonds is 6. The topological polar surface area (TPSA) is 101 Å². The lowest BCUT2D eigenvalue weighted by Crippen LogP contribution is -2.20. The second-order valence-corrected chi connectivity index (χ2v) is 10.2. The van der Waals surface area contributed by atoms with Crippen molar-refractivity contribution in [2.75, 3.05) is 11.0 Å². The van der Waals surface area contributed by atoms with Crippen LogP contribution in [0.1, 0.15) is 34.0 Å². The summed E-state index contributed by atoms with van der Waals surface area (Å²) in [5.41, 5.74) is 9.42. The highest BCUT2D eigenvalue weighted by atomic mass is 32.2. The fourth-order valence-electron chi connectivity index (χ4n) is 3.69. The molecule has 0 aliphatic heterocycles. The normalized spacial score (nSPS) is 11.9. The van der Waals surface area contributed by atoms with E-state index >= 15 is 0 Å². The summed E-state index contributed by atoms with van der Waals surface area (Å²) in [6.45, 7) is 5.84. The van der Waals surface area contributed by atoms with Crippen LogP contribution in [0.2, 0.25) is 0 Å². The molecule has 0 aliphatic rings. The van der Waals surface area contributed by atoms with Gasteiger partial charge in [0.25, 0.3) is 5.91 Å². The molecular weight excluding hydrogens is 460 g/mol. The minimum Gasteiger partial charge on any atom is -0.284 e. The number of sulfonamides is 1. The predicted octanol–water partition coefficient (Wildman–Crippen LogP) is 5.04. The van der Waals surface area contributed by atoms with Crippen molar-refractivity contribution in [3.63, 3.8) is 0 Å². The molecule has 3 aromatic carbocycles. The van der Waals surface area contributed by atoms with Crippen LogP contribution in [0, 0.1) is 13.8 Å². The van der Waals surface area contributed by atoms with Crippen LogP contribution < -0.4 is 10.1 Å². The van der Waals surface area contributed by atoms with Gasteiger partial charge in [-0.25, -0.2) is 18.8 Å². The molecule has 0 atom stereocenters. The number of nitrogens with one attached hydrogen (secondary N) is 2. The predicted molar refractivity (Wildman–Crippen MR) is 141 cm³/mol. The van der Waals surface area contributed by atoms with Crippen molar-refractivity contribution in [2.45, 2.75) is 20.8 Å². The molecule has 0 fully saturated rings. The molecule has 0 bridgehead atoms. The molecule has 1 amide bonds. The Morgan fingerprint density at radius 3 is 2.43 bits per heavy atom. The molecule has 0 saturated carbocycles. The Hall–Kier alpha value is -4.04. The minimum atomic E-state index is -3.40. The number of aryl methyl sites for hydroxylation is 2. The number of amides is 1. The number of hydrogen-bond donors (Lipinski definition) is 2. The van der Waals surface area contributed by atoms with Crippen LogP contribution in [0.5, 0.6) is 0 Å². The Kier molecular flexibility index (Phi) is 6.66. The van der Waals surface area contributed by atoms with E-state index in [1.54, 1.807) is 37.3 Å². The van der Waals surface area contributed by atoms with Crippen LogP contribution in [0.25, 0.3) is 22.2 Å². The molecule has 0 aliphatic carbocycles. The van der Waals surface area contributed by atoms with E-state index in [2.05, 4.69) is 28.2 Å². The highest BCUT2D eigenvalue weighted by molar-refractivity contribution is 7.92. The van der Waals surface area contributed by atoms with Gasteiger partial charge < -0.3 is 0 Å². The minimum absolute atomic E-state index is 0.363. The second-order valence-electron chi connectivity index (χ2n) is 8.46. The zero-order chi connectivity index (χ0) is 25.2. The van der Waals surface area contributed by atoms with Crippen LogP contribution in [-0.2, 0) is 10.0 Å². The van der Waals surface area contributed by atoms with Crippen molar-refractivity contribution in [1.82, 2.24) is 10.4 Å². The van der Waals surface area contributed by atoms with E-state index in [9.17, 15) is 13.2 Å². The maximum atomic E-state index is 13.2. The van der Waals surface area contributed by atoms with Crippen LogP contribution in [0.3, 0.4) is 0 Å². The zero-order valence-electron chi connectivity index (χ0n) is 20.0. The van der Waals surface area contributed by atoms with Gasteiger partial charge in [-0.2, -0.15) is 5.10 Å². The number of anilines is 1. The summed E-state index contributed by atoms with van der Waals surface area (Å²) in [5, 5.41) is 4.99. The van der Waals surface area contributed by atoms with Crippen molar-refractivity contribution in [2.24, 2.45) is 5.10 Å². The molecule has 0 spiro atoms. The molecule has 0 unspecified atom stereocenters. The fourth-order valence-corrected chi connectivity index (χ4v) is 4.25. The van der Waals surface area contributed by atoms with E-state index in [0.29, 0.717) is 33.7 Å². The summed E-state index contributed by atoms with van der Waals surface area (Å²) in [6, 6.07) is 22.2. The van der Waals surface area contributed by atoms with E-state index in [-0.39, 0.29) is 5.91 Å². The van der Waals surface area contributed by atoms with Gasteiger partial charge in [0.05, 0.1) is 28.7 Å². The molecule has 2 N–H and O–H groups in total. The molecule has 4 rings (SSSR count). The molecule has 1 aromatic heterocycles. The van der Waals surface area contributed by atoms with E-state index in [1.165, 1.54) is 5.56 Å². The van der Waals surface area contributed by atoms with Crippen LogP contribution in [0.4, 0.5) is 5.69 Å². The molecular formula is C27H26N4O3S. The van der Waals surface area contributed by atoms with Crippen LogP contribution in [-0.4, -0.2) is 31.3 Å². The summed E-state index contributed by atoms with van der Waals surface area (Å²) in [6.07, 6.45) is 1.09. The highest BCUT2D eigenvalue weighted by Crippen LogP contribution is 2.26. The number of carbonyl (C=O) groups excluding carboxylic acids is 1. The largest absolute Gasteiger partial charge is 0.284 e. The highest BCUT2D eigenvalue weighted by Gasteiger charge is 2.14. The van der Waals surface area contributed by atoms with E-state index in [4.69, 9.17) is 4.98 Å². The molecule has 0 radical (unpaired) electrons. The number of benzene rings is 3. The monoisotopic (exact) mass is 486 g/mol. The average Bonchev–Trinajstić information content (AvgIpc) is 2.82. The number of hydrazone groups is 1. The average molecular weight is 487 g/mol. The third-order valence-corrected chi connectivity index (χ3v) is 6.28. The SMILES string of the molecule is C/C(=N\NC(=O)c1cc(-c2ccc(C)c(C)c2)nc2ccccc12)c1cccc(NS(C)(=O)=O)c1. The van der Waals surface area contributed by atoms with Gasteiger partial charge in [0.15, 0.2) is 0 Å². The van der Waals surface area contributed by atoms with Crippen molar-refractivity contribution in [3.8, 4) is 11.3 Å². The van der Waals surface area contributed by atoms with Gasteiger partial charge >= 0.3 is 0 Å². The Balaban J connectivity index is 1.66. The summed E-state index contributed by atoms with van der Waals surface area (Å²) in [5.74, 6) is -0.363. The van der Waals surface area contributed by atoms with Crippen molar-refractivity contribution in [1.29, 1.82) is 0 Å². The lowest BCUT2D eigenvalue weighted by atomic mass is 10.0. The maximum absolute atomic E-state index is 13.2.